The Balaban J connectivity index is 1.36. The van der Waals surface area contributed by atoms with Crippen LogP contribution in [0.25, 0.3) is 0 Å². The third kappa shape index (κ3) is 4.30. The first-order valence-corrected chi connectivity index (χ1v) is 11.5. The quantitative estimate of drug-likeness (QED) is 0.680. The van der Waals surface area contributed by atoms with Crippen LogP contribution in [-0.4, -0.2) is 31.6 Å². The predicted octanol–water partition coefficient (Wildman–Crippen LogP) is 4.07. The minimum absolute atomic E-state index is 0.0535. The Hall–Kier alpha value is -1.81. The van der Waals surface area contributed by atoms with Crippen molar-refractivity contribution in [3.05, 3.63) is 65.7 Å². The van der Waals surface area contributed by atoms with Crippen molar-refractivity contribution in [2.75, 3.05) is 13.1 Å². The standard InChI is InChI=1S/C22H27NO6S/c1-21(2,3)18-11-9-17(10-12-18)20-26-28-22(29-27-20)13-15-23(16-14-22)30(24,25)19-7-5-4-6-8-19/h4-12,20H,13-16H2,1-3H3. The van der Waals surface area contributed by atoms with Gasteiger partial charge in [0, 0.05) is 31.5 Å². The van der Waals surface area contributed by atoms with Gasteiger partial charge in [-0.05, 0) is 23.1 Å². The Morgan fingerprint density at radius 1 is 0.900 bits per heavy atom. The van der Waals surface area contributed by atoms with E-state index in [1.54, 1.807) is 30.3 Å². The van der Waals surface area contributed by atoms with E-state index in [0.29, 0.717) is 12.8 Å². The van der Waals surface area contributed by atoms with Gasteiger partial charge in [-0.1, -0.05) is 63.2 Å². The SMILES string of the molecule is CC(C)(C)c1ccc(C2OOC3(CCN(S(=O)(=O)c4ccccc4)CC3)OO2)cc1. The molecule has 0 atom stereocenters. The highest BCUT2D eigenvalue weighted by molar-refractivity contribution is 7.89. The van der Waals surface area contributed by atoms with Crippen molar-refractivity contribution in [3.8, 4) is 0 Å². The molecule has 162 valence electrons. The average molecular weight is 434 g/mol. The number of nitrogens with zero attached hydrogens (tertiary/aromatic N) is 1. The zero-order valence-electron chi connectivity index (χ0n) is 17.4. The molecule has 0 bridgehead atoms. The van der Waals surface area contributed by atoms with Gasteiger partial charge in [0.15, 0.2) is 0 Å². The molecular weight excluding hydrogens is 406 g/mol. The summed E-state index contributed by atoms with van der Waals surface area (Å²) < 4.78 is 27.0. The van der Waals surface area contributed by atoms with Gasteiger partial charge in [-0.25, -0.2) is 8.42 Å². The normalized spacial score (nSPS) is 21.0. The molecule has 7 nitrogen and oxygen atoms in total. The van der Waals surface area contributed by atoms with Crippen LogP contribution in [0.2, 0.25) is 0 Å². The van der Waals surface area contributed by atoms with E-state index >= 15 is 0 Å². The first-order chi connectivity index (χ1) is 14.2. The topological polar surface area (TPSA) is 74.3 Å². The maximum atomic E-state index is 12.8. The third-order valence-electron chi connectivity index (χ3n) is 5.49. The van der Waals surface area contributed by atoms with Crippen LogP contribution in [0.5, 0.6) is 0 Å². The minimum Gasteiger partial charge on any atom is -0.207 e. The number of rotatable bonds is 3. The van der Waals surface area contributed by atoms with Crippen molar-refractivity contribution in [2.24, 2.45) is 0 Å². The third-order valence-corrected chi connectivity index (χ3v) is 7.40. The van der Waals surface area contributed by atoms with Gasteiger partial charge >= 0.3 is 0 Å². The fourth-order valence-corrected chi connectivity index (χ4v) is 4.98. The molecule has 1 spiro atoms. The predicted molar refractivity (Wildman–Crippen MR) is 109 cm³/mol. The van der Waals surface area contributed by atoms with E-state index < -0.39 is 22.1 Å². The summed E-state index contributed by atoms with van der Waals surface area (Å²) in [4.78, 5) is 22.4. The molecule has 8 heteroatoms. The molecule has 2 aliphatic rings. The second-order valence-corrected chi connectivity index (χ2v) is 10.6. The Labute approximate surface area is 177 Å². The Bertz CT molecular complexity index is 951. The van der Waals surface area contributed by atoms with Crippen molar-refractivity contribution in [3.63, 3.8) is 0 Å². The zero-order valence-corrected chi connectivity index (χ0v) is 18.2. The summed E-state index contributed by atoms with van der Waals surface area (Å²) in [7, 11) is -3.55. The van der Waals surface area contributed by atoms with Crippen LogP contribution in [0.15, 0.2) is 59.5 Å². The molecule has 0 unspecified atom stereocenters. The van der Waals surface area contributed by atoms with Gasteiger partial charge in [-0.3, -0.25) is 0 Å². The van der Waals surface area contributed by atoms with E-state index in [4.69, 9.17) is 19.6 Å². The van der Waals surface area contributed by atoms with Gasteiger partial charge in [0.25, 0.3) is 0 Å². The van der Waals surface area contributed by atoms with Crippen molar-refractivity contribution >= 4 is 10.0 Å². The lowest BCUT2D eigenvalue weighted by molar-refractivity contribution is -0.633. The molecule has 0 aromatic heterocycles. The second-order valence-electron chi connectivity index (χ2n) is 8.69. The summed E-state index contributed by atoms with van der Waals surface area (Å²) >= 11 is 0. The number of sulfonamides is 1. The van der Waals surface area contributed by atoms with E-state index in [2.05, 4.69) is 20.8 Å². The van der Waals surface area contributed by atoms with Crippen LogP contribution in [0.3, 0.4) is 0 Å². The van der Waals surface area contributed by atoms with Crippen LogP contribution < -0.4 is 0 Å². The molecule has 2 heterocycles. The van der Waals surface area contributed by atoms with Gasteiger partial charge in [-0.2, -0.15) is 23.9 Å². The number of hydrogen-bond donors (Lipinski definition) is 0. The molecule has 2 aromatic rings. The van der Waals surface area contributed by atoms with E-state index in [-0.39, 0.29) is 23.4 Å². The molecule has 0 radical (unpaired) electrons. The maximum Gasteiger partial charge on any atom is 0.249 e. The van der Waals surface area contributed by atoms with Gasteiger partial charge < -0.3 is 0 Å². The summed E-state index contributed by atoms with van der Waals surface area (Å²) in [5.41, 5.74) is 2.03. The van der Waals surface area contributed by atoms with Crippen LogP contribution >= 0.6 is 0 Å². The minimum atomic E-state index is -3.55. The Morgan fingerprint density at radius 2 is 1.47 bits per heavy atom. The van der Waals surface area contributed by atoms with E-state index in [1.165, 1.54) is 9.87 Å². The van der Waals surface area contributed by atoms with Crippen molar-refractivity contribution < 1.29 is 28.0 Å². The average Bonchev–Trinajstić information content (AvgIpc) is 2.75. The van der Waals surface area contributed by atoms with Crippen molar-refractivity contribution in [1.82, 2.24) is 4.31 Å². The van der Waals surface area contributed by atoms with E-state index in [1.807, 2.05) is 24.3 Å². The Kier molecular flexibility index (Phi) is 5.73. The van der Waals surface area contributed by atoms with Crippen molar-refractivity contribution in [2.45, 2.75) is 56.0 Å². The lowest BCUT2D eigenvalue weighted by Crippen LogP contribution is -2.51. The summed E-state index contributed by atoms with van der Waals surface area (Å²) in [5, 5.41) is 0. The molecule has 2 fully saturated rings. The van der Waals surface area contributed by atoms with Crippen molar-refractivity contribution in [1.29, 1.82) is 0 Å². The molecule has 0 aliphatic carbocycles. The summed E-state index contributed by atoms with van der Waals surface area (Å²) in [6.07, 6.45) is -0.195. The highest BCUT2D eigenvalue weighted by Gasteiger charge is 2.46. The van der Waals surface area contributed by atoms with Crippen LogP contribution in [0, 0.1) is 0 Å². The highest BCUT2D eigenvalue weighted by atomic mass is 32.2. The first kappa shape index (κ1) is 21.4. The van der Waals surface area contributed by atoms with Gasteiger partial charge in [0.1, 0.15) is 0 Å². The van der Waals surface area contributed by atoms with E-state index in [9.17, 15) is 8.42 Å². The summed E-state index contributed by atoms with van der Waals surface area (Å²) in [6, 6.07) is 16.3. The second kappa shape index (κ2) is 8.03. The largest absolute Gasteiger partial charge is 0.249 e. The molecule has 0 N–H and O–H groups in total. The molecule has 0 amide bonds. The molecule has 0 saturated carbocycles. The van der Waals surface area contributed by atoms with Crippen LogP contribution in [-0.2, 0) is 35.0 Å². The summed E-state index contributed by atoms with van der Waals surface area (Å²) in [6.45, 7) is 6.94. The lowest BCUT2D eigenvalue weighted by Gasteiger charge is -2.41. The van der Waals surface area contributed by atoms with Gasteiger partial charge in [0.2, 0.25) is 22.1 Å². The number of hydrogen-bond acceptors (Lipinski definition) is 6. The fraction of sp³-hybridized carbons (Fsp3) is 0.455. The zero-order chi connectivity index (χ0) is 21.4. The van der Waals surface area contributed by atoms with Gasteiger partial charge in [-0.15, -0.1) is 0 Å². The van der Waals surface area contributed by atoms with Crippen LogP contribution in [0.4, 0.5) is 0 Å². The lowest BCUT2D eigenvalue weighted by atomic mass is 9.87. The maximum absolute atomic E-state index is 12.8. The number of piperidine rings is 1. The van der Waals surface area contributed by atoms with E-state index in [0.717, 1.165) is 5.56 Å². The molecule has 2 aliphatic heterocycles. The smallest absolute Gasteiger partial charge is 0.207 e. The van der Waals surface area contributed by atoms with Gasteiger partial charge in [0.05, 0.1) is 4.90 Å². The monoisotopic (exact) mass is 433 g/mol. The Morgan fingerprint density at radius 3 is 2.00 bits per heavy atom. The fourth-order valence-electron chi connectivity index (χ4n) is 3.52. The molecule has 4 rings (SSSR count). The number of benzene rings is 2. The highest BCUT2D eigenvalue weighted by Crippen LogP contribution is 2.38. The van der Waals surface area contributed by atoms with Crippen LogP contribution in [0.1, 0.15) is 51.0 Å². The molecular formula is C22H27NO6S. The summed E-state index contributed by atoms with van der Waals surface area (Å²) in [5.74, 6) is -1.11. The molecule has 2 saturated heterocycles. The molecule has 2 aromatic carbocycles. The first-order valence-electron chi connectivity index (χ1n) is 10.0. The molecule has 30 heavy (non-hydrogen) atoms.